The molecule has 0 radical (unpaired) electrons. The summed E-state index contributed by atoms with van der Waals surface area (Å²) in [4.78, 5) is 22.7. The number of aliphatic carboxylic acids is 1. The van der Waals surface area contributed by atoms with Crippen LogP contribution in [0.1, 0.15) is 46.0 Å². The Morgan fingerprint density at radius 2 is 1.76 bits per heavy atom. The fourth-order valence-electron chi connectivity index (χ4n) is 1.79. The molecule has 0 spiro atoms. The van der Waals surface area contributed by atoms with Crippen molar-refractivity contribution in [3.05, 3.63) is 0 Å². The van der Waals surface area contributed by atoms with Crippen LogP contribution in [0.5, 0.6) is 0 Å². The van der Waals surface area contributed by atoms with Crippen molar-refractivity contribution in [3.63, 3.8) is 0 Å². The summed E-state index contributed by atoms with van der Waals surface area (Å²) in [7, 11) is -3.26. The molecule has 0 aliphatic carbocycles. The molecule has 2 amide bonds. The van der Waals surface area contributed by atoms with Crippen molar-refractivity contribution in [1.82, 2.24) is 10.6 Å². The van der Waals surface area contributed by atoms with Crippen LogP contribution >= 0.6 is 0 Å². The van der Waals surface area contributed by atoms with Gasteiger partial charge in [0, 0.05) is 12.3 Å². The lowest BCUT2D eigenvalue weighted by Crippen LogP contribution is -2.48. The molecule has 0 aromatic rings. The topological polar surface area (TPSA) is 113 Å². The quantitative estimate of drug-likeness (QED) is 0.522. The highest BCUT2D eigenvalue weighted by molar-refractivity contribution is 7.90. The highest BCUT2D eigenvalue weighted by Crippen LogP contribution is 2.03. The van der Waals surface area contributed by atoms with Gasteiger partial charge in [-0.2, -0.15) is 0 Å². The minimum Gasteiger partial charge on any atom is -0.480 e. The molecule has 124 valence electrons. The van der Waals surface area contributed by atoms with E-state index < -0.39 is 27.9 Å². The number of carboxylic acid groups (broad SMARTS) is 1. The van der Waals surface area contributed by atoms with Gasteiger partial charge >= 0.3 is 12.0 Å². The van der Waals surface area contributed by atoms with Crippen LogP contribution in [0.3, 0.4) is 0 Å². The maximum atomic E-state index is 11.7. The van der Waals surface area contributed by atoms with Crippen LogP contribution in [0.2, 0.25) is 0 Å². The van der Waals surface area contributed by atoms with Crippen LogP contribution in [0.15, 0.2) is 0 Å². The van der Waals surface area contributed by atoms with E-state index in [0.29, 0.717) is 0 Å². The van der Waals surface area contributed by atoms with E-state index in [1.54, 1.807) is 0 Å². The van der Waals surface area contributed by atoms with E-state index in [-0.39, 0.29) is 18.2 Å². The fourth-order valence-corrected chi connectivity index (χ4v) is 2.45. The van der Waals surface area contributed by atoms with Gasteiger partial charge in [-0.25, -0.2) is 18.0 Å². The molecule has 0 aliphatic heterocycles. The fraction of sp³-hybridized carbons (Fsp3) is 0.846. The summed E-state index contributed by atoms with van der Waals surface area (Å²) in [6, 6.07) is -1.84. The lowest BCUT2D eigenvalue weighted by atomic mass is 10.1. The summed E-state index contributed by atoms with van der Waals surface area (Å²) in [6.07, 6.45) is 4.87. The van der Waals surface area contributed by atoms with E-state index in [1.807, 2.05) is 6.92 Å². The third-order valence-corrected chi connectivity index (χ3v) is 3.98. The van der Waals surface area contributed by atoms with Gasteiger partial charge in [-0.3, -0.25) is 0 Å². The third-order valence-electron chi connectivity index (χ3n) is 3.00. The molecule has 21 heavy (non-hydrogen) atoms. The summed E-state index contributed by atoms with van der Waals surface area (Å²) in [5, 5.41) is 13.9. The number of hydrogen-bond acceptors (Lipinski definition) is 4. The Kier molecular flexibility index (Phi) is 9.00. The average molecular weight is 322 g/mol. The van der Waals surface area contributed by atoms with Gasteiger partial charge in [0.15, 0.2) is 0 Å². The van der Waals surface area contributed by atoms with Crippen molar-refractivity contribution in [2.75, 3.05) is 12.0 Å². The second kappa shape index (κ2) is 9.59. The molecular weight excluding hydrogens is 296 g/mol. The number of amides is 2. The molecule has 0 saturated carbocycles. The molecule has 0 bridgehead atoms. The van der Waals surface area contributed by atoms with Crippen molar-refractivity contribution in [2.45, 2.75) is 58.0 Å². The van der Waals surface area contributed by atoms with Gasteiger partial charge in [-0.1, -0.05) is 26.2 Å². The summed E-state index contributed by atoms with van der Waals surface area (Å²) < 4.78 is 22.1. The Bertz CT molecular complexity index is 436. The first-order valence-corrected chi connectivity index (χ1v) is 9.19. The Morgan fingerprint density at radius 3 is 2.24 bits per heavy atom. The van der Waals surface area contributed by atoms with E-state index in [0.717, 1.165) is 31.9 Å². The van der Waals surface area contributed by atoms with Gasteiger partial charge < -0.3 is 15.7 Å². The molecule has 2 unspecified atom stereocenters. The normalized spacial score (nSPS) is 14.2. The van der Waals surface area contributed by atoms with Crippen molar-refractivity contribution < 1.29 is 23.1 Å². The van der Waals surface area contributed by atoms with Crippen molar-refractivity contribution in [1.29, 1.82) is 0 Å². The van der Waals surface area contributed by atoms with Crippen LogP contribution in [0.4, 0.5) is 4.79 Å². The SMILES string of the molecule is CCCCCC(C)NC(=O)NC(CCS(C)(=O)=O)C(=O)O. The van der Waals surface area contributed by atoms with Gasteiger partial charge in [0.1, 0.15) is 15.9 Å². The van der Waals surface area contributed by atoms with Crippen LogP contribution in [0, 0.1) is 0 Å². The second-order valence-electron chi connectivity index (χ2n) is 5.32. The molecule has 0 aromatic carbocycles. The van der Waals surface area contributed by atoms with Gasteiger partial charge in [0.05, 0.1) is 5.75 Å². The molecule has 7 nitrogen and oxygen atoms in total. The number of rotatable bonds is 10. The Labute approximate surface area is 126 Å². The zero-order valence-corrected chi connectivity index (χ0v) is 13.7. The minimum absolute atomic E-state index is 0.0547. The Hall–Kier alpha value is -1.31. The molecule has 3 N–H and O–H groups in total. The molecule has 0 saturated heterocycles. The Balaban J connectivity index is 4.25. The number of nitrogens with one attached hydrogen (secondary N) is 2. The number of unbranched alkanes of at least 4 members (excludes halogenated alkanes) is 2. The summed E-state index contributed by atoms with van der Waals surface area (Å²) >= 11 is 0. The van der Waals surface area contributed by atoms with Gasteiger partial charge in [0.2, 0.25) is 0 Å². The zero-order chi connectivity index (χ0) is 16.5. The number of carbonyl (C=O) groups is 2. The maximum Gasteiger partial charge on any atom is 0.326 e. The number of sulfone groups is 1. The number of carbonyl (C=O) groups excluding carboxylic acids is 1. The second-order valence-corrected chi connectivity index (χ2v) is 7.58. The largest absolute Gasteiger partial charge is 0.480 e. The maximum absolute atomic E-state index is 11.7. The standard InChI is InChI=1S/C13H26N2O5S/c1-4-5-6-7-10(2)14-13(18)15-11(12(16)17)8-9-21(3,19)20/h10-11H,4-9H2,1-3H3,(H,16,17)(H2,14,15,18). The minimum atomic E-state index is -3.26. The molecule has 0 rings (SSSR count). The van der Waals surface area contributed by atoms with Gasteiger partial charge in [-0.05, 0) is 19.8 Å². The van der Waals surface area contributed by atoms with Crippen LogP contribution in [-0.4, -0.2) is 49.6 Å². The van der Waals surface area contributed by atoms with E-state index in [9.17, 15) is 18.0 Å². The molecule has 0 heterocycles. The molecule has 0 aromatic heterocycles. The van der Waals surface area contributed by atoms with Crippen LogP contribution in [0.25, 0.3) is 0 Å². The summed E-state index contributed by atoms with van der Waals surface area (Å²) in [5.41, 5.74) is 0. The first-order chi connectivity index (χ1) is 9.65. The smallest absolute Gasteiger partial charge is 0.326 e. The highest BCUT2D eigenvalue weighted by atomic mass is 32.2. The lowest BCUT2D eigenvalue weighted by molar-refractivity contribution is -0.139. The molecule has 2 atom stereocenters. The monoisotopic (exact) mass is 322 g/mol. The predicted octanol–water partition coefficient (Wildman–Crippen LogP) is 1.14. The number of urea groups is 1. The lowest BCUT2D eigenvalue weighted by Gasteiger charge is -2.18. The van der Waals surface area contributed by atoms with E-state index in [2.05, 4.69) is 17.6 Å². The Morgan fingerprint density at radius 1 is 1.14 bits per heavy atom. The van der Waals surface area contributed by atoms with E-state index in [1.165, 1.54) is 0 Å². The molecular formula is C13H26N2O5S. The summed E-state index contributed by atoms with van der Waals surface area (Å²) in [6.45, 7) is 3.94. The van der Waals surface area contributed by atoms with Crippen molar-refractivity contribution in [3.8, 4) is 0 Å². The van der Waals surface area contributed by atoms with Gasteiger partial charge in [-0.15, -0.1) is 0 Å². The van der Waals surface area contributed by atoms with Crippen molar-refractivity contribution in [2.24, 2.45) is 0 Å². The van der Waals surface area contributed by atoms with E-state index >= 15 is 0 Å². The van der Waals surface area contributed by atoms with Crippen LogP contribution < -0.4 is 10.6 Å². The highest BCUT2D eigenvalue weighted by Gasteiger charge is 2.22. The molecule has 0 aliphatic rings. The summed E-state index contributed by atoms with van der Waals surface area (Å²) in [5.74, 6) is -1.52. The van der Waals surface area contributed by atoms with Crippen LogP contribution in [-0.2, 0) is 14.6 Å². The van der Waals surface area contributed by atoms with E-state index in [4.69, 9.17) is 5.11 Å². The number of hydrogen-bond donors (Lipinski definition) is 3. The molecule has 8 heteroatoms. The van der Waals surface area contributed by atoms with Gasteiger partial charge in [0.25, 0.3) is 0 Å². The van der Waals surface area contributed by atoms with Crippen molar-refractivity contribution >= 4 is 21.8 Å². The first-order valence-electron chi connectivity index (χ1n) is 7.13. The average Bonchev–Trinajstić information content (AvgIpc) is 2.33. The zero-order valence-electron chi connectivity index (χ0n) is 12.9. The molecule has 0 fully saturated rings. The third kappa shape index (κ3) is 11.1. The number of carboxylic acids is 1. The predicted molar refractivity (Wildman–Crippen MR) is 81.0 cm³/mol. The first kappa shape index (κ1) is 19.7.